The van der Waals surface area contributed by atoms with E-state index in [1.807, 2.05) is 0 Å². The quantitative estimate of drug-likeness (QED) is 0.213. The van der Waals surface area contributed by atoms with Gasteiger partial charge in [0.2, 0.25) is 17.7 Å². The Labute approximate surface area is 193 Å². The zero-order chi connectivity index (χ0) is 23.9. The van der Waals surface area contributed by atoms with Crippen molar-refractivity contribution in [1.29, 1.82) is 0 Å². The molecule has 0 aliphatic carbocycles. The number of hydrogen-bond acceptors (Lipinski definition) is 6. The molecule has 9 heteroatoms. The van der Waals surface area contributed by atoms with Gasteiger partial charge in [-0.15, -0.1) is 0 Å². The molecular formula is C23H45N3O6. The minimum absolute atomic E-state index is 0.0968. The van der Waals surface area contributed by atoms with Crippen LogP contribution in [0.25, 0.3) is 0 Å². The first-order chi connectivity index (χ1) is 15.5. The fourth-order valence-corrected chi connectivity index (χ4v) is 2.90. The number of amides is 3. The van der Waals surface area contributed by atoms with Crippen molar-refractivity contribution >= 4 is 17.7 Å². The van der Waals surface area contributed by atoms with Crippen molar-refractivity contribution in [3.8, 4) is 0 Å². The average Bonchev–Trinajstić information content (AvgIpc) is 2.77. The van der Waals surface area contributed by atoms with Gasteiger partial charge < -0.3 is 30.2 Å². The highest BCUT2D eigenvalue weighted by Gasteiger charge is 2.23. The molecule has 0 saturated heterocycles. The summed E-state index contributed by atoms with van der Waals surface area (Å²) in [6, 6.07) is -0.925. The van der Waals surface area contributed by atoms with Crippen LogP contribution in [-0.2, 0) is 28.6 Å². The molecule has 0 rings (SSSR count). The monoisotopic (exact) mass is 459 g/mol. The van der Waals surface area contributed by atoms with Gasteiger partial charge in [0.25, 0.3) is 0 Å². The summed E-state index contributed by atoms with van der Waals surface area (Å²) in [4.78, 5) is 37.0. The van der Waals surface area contributed by atoms with Crippen LogP contribution in [0, 0.1) is 0 Å². The second-order valence-electron chi connectivity index (χ2n) is 7.74. The van der Waals surface area contributed by atoms with E-state index in [-0.39, 0.29) is 31.4 Å². The van der Waals surface area contributed by atoms with E-state index in [0.29, 0.717) is 32.9 Å². The van der Waals surface area contributed by atoms with Gasteiger partial charge in [-0.05, 0) is 12.8 Å². The van der Waals surface area contributed by atoms with Crippen molar-refractivity contribution < 1.29 is 28.6 Å². The molecule has 0 aromatic rings. The molecule has 0 aliphatic rings. The van der Waals surface area contributed by atoms with Crippen molar-refractivity contribution in [2.45, 2.75) is 77.7 Å². The number of ether oxygens (including phenoxy) is 3. The average molecular weight is 460 g/mol. The molecule has 0 aromatic heterocycles. The van der Waals surface area contributed by atoms with Crippen LogP contribution >= 0.6 is 0 Å². The van der Waals surface area contributed by atoms with Crippen molar-refractivity contribution in [2.24, 2.45) is 0 Å². The Kier molecular flexibility index (Phi) is 21.3. The second-order valence-corrected chi connectivity index (χ2v) is 7.74. The van der Waals surface area contributed by atoms with Crippen molar-refractivity contribution in [3.63, 3.8) is 0 Å². The largest absolute Gasteiger partial charge is 0.382 e. The highest BCUT2D eigenvalue weighted by Crippen LogP contribution is 2.00. The van der Waals surface area contributed by atoms with Crippen molar-refractivity contribution in [3.05, 3.63) is 0 Å². The predicted octanol–water partition coefficient (Wildman–Crippen LogP) is 1.93. The number of nitrogens with one attached hydrogen (secondary N) is 3. The van der Waals surface area contributed by atoms with Crippen LogP contribution in [0.4, 0.5) is 0 Å². The van der Waals surface area contributed by atoms with Gasteiger partial charge >= 0.3 is 0 Å². The van der Waals surface area contributed by atoms with E-state index in [1.165, 1.54) is 0 Å². The second kappa shape index (κ2) is 22.5. The Morgan fingerprint density at radius 1 is 0.719 bits per heavy atom. The Balaban J connectivity index is 4.42. The molecule has 3 amide bonds. The molecule has 0 saturated carbocycles. The fraction of sp³-hybridized carbons (Fsp3) is 0.870. The Bertz CT molecular complexity index is 490. The molecule has 0 bridgehead atoms. The Morgan fingerprint density at radius 2 is 1.31 bits per heavy atom. The maximum atomic E-state index is 12.6. The first kappa shape index (κ1) is 30.3. The Hall–Kier alpha value is -1.71. The van der Waals surface area contributed by atoms with Crippen LogP contribution in [0.1, 0.15) is 71.6 Å². The lowest BCUT2D eigenvalue weighted by Crippen LogP contribution is -2.50. The smallest absolute Gasteiger partial charge is 0.246 e. The Morgan fingerprint density at radius 3 is 1.94 bits per heavy atom. The summed E-state index contributed by atoms with van der Waals surface area (Å²) in [6.07, 6.45) is 8.25. The van der Waals surface area contributed by atoms with E-state index in [4.69, 9.17) is 14.2 Å². The zero-order valence-corrected chi connectivity index (χ0v) is 20.3. The molecule has 0 aromatic carbocycles. The SMILES string of the molecule is CCCCCCNC(=O)C[C@H](NC(=O)COCCOCCOC)C(=O)NCCCCCC. The molecule has 0 radical (unpaired) electrons. The van der Waals surface area contributed by atoms with E-state index >= 15 is 0 Å². The third-order valence-corrected chi connectivity index (χ3v) is 4.76. The van der Waals surface area contributed by atoms with E-state index in [1.54, 1.807) is 7.11 Å². The molecule has 32 heavy (non-hydrogen) atoms. The first-order valence-electron chi connectivity index (χ1n) is 12.0. The maximum Gasteiger partial charge on any atom is 0.246 e. The minimum atomic E-state index is -0.925. The van der Waals surface area contributed by atoms with Crippen LogP contribution < -0.4 is 16.0 Å². The summed E-state index contributed by atoms with van der Waals surface area (Å²) in [6.45, 7) is 6.71. The summed E-state index contributed by atoms with van der Waals surface area (Å²) >= 11 is 0. The third kappa shape index (κ3) is 19.0. The van der Waals surface area contributed by atoms with Gasteiger partial charge in [0.15, 0.2) is 0 Å². The molecule has 0 heterocycles. The molecule has 0 unspecified atom stereocenters. The third-order valence-electron chi connectivity index (χ3n) is 4.76. The normalized spacial score (nSPS) is 11.7. The summed E-state index contributed by atoms with van der Waals surface area (Å²) in [5, 5.41) is 8.28. The summed E-state index contributed by atoms with van der Waals surface area (Å²) < 4.78 is 15.4. The van der Waals surface area contributed by atoms with Gasteiger partial charge in [-0.3, -0.25) is 14.4 Å². The first-order valence-corrected chi connectivity index (χ1v) is 12.0. The standard InChI is InChI=1S/C23H45N3O6/c1-4-6-8-10-12-24-21(27)18-20(23(29)25-13-11-9-7-5-2)26-22(28)19-32-17-16-31-15-14-30-3/h20H,4-19H2,1-3H3,(H,24,27)(H,25,29)(H,26,28)/t20-/m0/s1. The fourth-order valence-electron chi connectivity index (χ4n) is 2.90. The van der Waals surface area contributed by atoms with E-state index in [2.05, 4.69) is 29.8 Å². The summed E-state index contributed by atoms with van der Waals surface area (Å²) in [5.41, 5.74) is 0. The van der Waals surface area contributed by atoms with Gasteiger partial charge in [-0.2, -0.15) is 0 Å². The topological polar surface area (TPSA) is 115 Å². The molecule has 0 aliphatic heterocycles. The molecule has 9 nitrogen and oxygen atoms in total. The van der Waals surface area contributed by atoms with Crippen LogP contribution in [0.5, 0.6) is 0 Å². The molecule has 188 valence electrons. The van der Waals surface area contributed by atoms with E-state index in [9.17, 15) is 14.4 Å². The van der Waals surface area contributed by atoms with Crippen LogP contribution in [0.15, 0.2) is 0 Å². The lowest BCUT2D eigenvalue weighted by atomic mass is 10.1. The number of rotatable bonds is 22. The lowest BCUT2D eigenvalue weighted by Gasteiger charge is -2.18. The number of methoxy groups -OCH3 is 1. The van der Waals surface area contributed by atoms with E-state index in [0.717, 1.165) is 51.4 Å². The van der Waals surface area contributed by atoms with Crippen molar-refractivity contribution in [2.75, 3.05) is 53.2 Å². The van der Waals surface area contributed by atoms with E-state index < -0.39 is 11.9 Å². The molecular weight excluding hydrogens is 414 g/mol. The molecule has 3 N–H and O–H groups in total. The molecule has 0 fully saturated rings. The molecule has 1 atom stereocenters. The number of unbranched alkanes of at least 4 members (excludes halogenated alkanes) is 6. The minimum Gasteiger partial charge on any atom is -0.382 e. The van der Waals surface area contributed by atoms with Crippen LogP contribution in [-0.4, -0.2) is 77.0 Å². The van der Waals surface area contributed by atoms with Gasteiger partial charge in [-0.25, -0.2) is 0 Å². The van der Waals surface area contributed by atoms with Crippen molar-refractivity contribution in [1.82, 2.24) is 16.0 Å². The highest BCUT2D eigenvalue weighted by atomic mass is 16.5. The lowest BCUT2D eigenvalue weighted by molar-refractivity contribution is -0.133. The zero-order valence-electron chi connectivity index (χ0n) is 20.3. The molecule has 0 spiro atoms. The highest BCUT2D eigenvalue weighted by molar-refractivity contribution is 5.92. The summed E-state index contributed by atoms with van der Waals surface area (Å²) in [7, 11) is 1.59. The summed E-state index contributed by atoms with van der Waals surface area (Å²) in [5.74, 6) is -1.04. The number of carbonyl (C=O) groups excluding carboxylic acids is 3. The van der Waals surface area contributed by atoms with Gasteiger partial charge in [-0.1, -0.05) is 52.4 Å². The van der Waals surface area contributed by atoms with Gasteiger partial charge in [0.1, 0.15) is 12.6 Å². The number of carbonyl (C=O) groups is 3. The van der Waals surface area contributed by atoms with Gasteiger partial charge in [0, 0.05) is 20.2 Å². The van der Waals surface area contributed by atoms with Gasteiger partial charge in [0.05, 0.1) is 32.8 Å². The number of hydrogen-bond donors (Lipinski definition) is 3. The predicted molar refractivity (Wildman–Crippen MR) is 124 cm³/mol. The van der Waals surface area contributed by atoms with Crippen LogP contribution in [0.2, 0.25) is 0 Å². The van der Waals surface area contributed by atoms with Crippen LogP contribution in [0.3, 0.4) is 0 Å². The maximum absolute atomic E-state index is 12.6.